The number of nitrogens with zero attached hydrogens (tertiary/aromatic N) is 1. The average molecular weight is 642 g/mol. The molecule has 1 aromatic heterocycles. The number of Topliss-reactive ketones (excluding diaryl/α,β-unsaturated/α-hetero) is 1. The number of carbonyl (C=O) groups excluding carboxylic acids is 5. The van der Waals surface area contributed by atoms with Crippen molar-refractivity contribution >= 4 is 39.8 Å². The topological polar surface area (TPSA) is 210 Å². The summed E-state index contributed by atoms with van der Waals surface area (Å²) in [6.45, 7) is 3.06. The Labute approximate surface area is 258 Å². The van der Waals surface area contributed by atoms with Crippen molar-refractivity contribution in [2.24, 2.45) is 17.8 Å². The molecule has 0 radical (unpaired) electrons. The minimum atomic E-state index is -4.76. The molecule has 3 atom stereocenters. The monoisotopic (exact) mass is 641 g/mol. The summed E-state index contributed by atoms with van der Waals surface area (Å²) in [6.07, 6.45) is 1.25. The maximum absolute atomic E-state index is 13.9. The Kier molecular flexibility index (Phi) is 10.2. The van der Waals surface area contributed by atoms with Crippen molar-refractivity contribution in [2.45, 2.75) is 32.7 Å². The van der Waals surface area contributed by atoms with Crippen LogP contribution in [0.15, 0.2) is 71.3 Å². The van der Waals surface area contributed by atoms with Crippen molar-refractivity contribution in [3.8, 4) is 5.75 Å². The molecule has 0 spiro atoms. The van der Waals surface area contributed by atoms with Gasteiger partial charge in [-0.3, -0.25) is 38.6 Å². The highest BCUT2D eigenvalue weighted by Crippen LogP contribution is 2.29. The number of benzene rings is 2. The van der Waals surface area contributed by atoms with Gasteiger partial charge in [-0.1, -0.05) is 38.1 Å². The molecule has 1 aliphatic rings. The second kappa shape index (κ2) is 13.8. The predicted octanol–water partition coefficient (Wildman–Crippen LogP) is 2.45. The van der Waals surface area contributed by atoms with E-state index >= 15 is 0 Å². The SMILES string of the molecule is CC(C)C[C@@H](C(=O)N[C@@H](Cc1ccc(OS(=O)(=O)O)cc1)C(=O)c1ccco1)C(CN1C(=O)c2ccccc2C1=O)C(=O)NO. The highest BCUT2D eigenvalue weighted by molar-refractivity contribution is 7.81. The summed E-state index contributed by atoms with van der Waals surface area (Å²) in [5.41, 5.74) is 2.28. The summed E-state index contributed by atoms with van der Waals surface area (Å²) < 4.78 is 40.6. The smallest absolute Gasteiger partial charge is 0.446 e. The van der Waals surface area contributed by atoms with Crippen LogP contribution in [0.3, 0.4) is 0 Å². The fourth-order valence-corrected chi connectivity index (χ4v) is 5.51. The molecule has 3 aromatic rings. The van der Waals surface area contributed by atoms with E-state index in [-0.39, 0.29) is 41.4 Å². The van der Waals surface area contributed by atoms with Gasteiger partial charge in [0.25, 0.3) is 11.8 Å². The van der Waals surface area contributed by atoms with Crippen LogP contribution >= 0.6 is 0 Å². The van der Waals surface area contributed by atoms with Gasteiger partial charge in [0.2, 0.25) is 17.6 Å². The first-order valence-electron chi connectivity index (χ1n) is 13.8. The third-order valence-electron chi connectivity index (χ3n) is 7.21. The van der Waals surface area contributed by atoms with E-state index in [1.807, 2.05) is 0 Å². The van der Waals surface area contributed by atoms with E-state index in [2.05, 4.69) is 9.50 Å². The van der Waals surface area contributed by atoms with Crippen molar-refractivity contribution in [1.29, 1.82) is 0 Å². The van der Waals surface area contributed by atoms with Crippen LogP contribution in [0.5, 0.6) is 5.75 Å². The van der Waals surface area contributed by atoms with E-state index in [0.717, 1.165) is 4.90 Å². The number of hydrogen-bond acceptors (Lipinski definition) is 10. The number of hydrogen-bond donors (Lipinski definition) is 4. The zero-order valence-corrected chi connectivity index (χ0v) is 25.0. The summed E-state index contributed by atoms with van der Waals surface area (Å²) in [5, 5.41) is 12.3. The maximum atomic E-state index is 13.9. The van der Waals surface area contributed by atoms with Crippen LogP contribution in [-0.4, -0.2) is 65.1 Å². The van der Waals surface area contributed by atoms with Gasteiger partial charge in [-0.15, -0.1) is 0 Å². The first-order chi connectivity index (χ1) is 21.3. The number of furan rings is 1. The average Bonchev–Trinajstić information content (AvgIpc) is 3.61. The number of carbonyl (C=O) groups is 5. The molecule has 0 aliphatic carbocycles. The van der Waals surface area contributed by atoms with E-state index in [1.54, 1.807) is 26.0 Å². The van der Waals surface area contributed by atoms with Gasteiger partial charge in [0.05, 0.1) is 35.3 Å². The van der Waals surface area contributed by atoms with Crippen LogP contribution in [0.2, 0.25) is 0 Å². The number of fused-ring (bicyclic) bond motifs is 1. The number of hydroxylamine groups is 1. The maximum Gasteiger partial charge on any atom is 0.446 e. The van der Waals surface area contributed by atoms with Crippen molar-refractivity contribution in [3.63, 3.8) is 0 Å². The molecule has 238 valence electrons. The molecule has 14 nitrogen and oxygen atoms in total. The van der Waals surface area contributed by atoms with E-state index in [4.69, 9.17) is 8.97 Å². The number of imide groups is 1. The third kappa shape index (κ3) is 8.00. The van der Waals surface area contributed by atoms with E-state index < -0.39 is 64.2 Å². The van der Waals surface area contributed by atoms with Gasteiger partial charge >= 0.3 is 10.4 Å². The lowest BCUT2D eigenvalue weighted by Crippen LogP contribution is -2.51. The first kappa shape index (κ1) is 33.0. The minimum Gasteiger partial charge on any atom is -0.461 e. The van der Waals surface area contributed by atoms with Gasteiger partial charge in [0.1, 0.15) is 5.75 Å². The van der Waals surface area contributed by atoms with E-state index in [0.29, 0.717) is 5.56 Å². The zero-order chi connectivity index (χ0) is 32.9. The largest absolute Gasteiger partial charge is 0.461 e. The van der Waals surface area contributed by atoms with Crippen LogP contribution in [0.25, 0.3) is 0 Å². The van der Waals surface area contributed by atoms with Crippen LogP contribution in [0, 0.1) is 17.8 Å². The normalized spacial score (nSPS) is 14.9. The van der Waals surface area contributed by atoms with Crippen LogP contribution < -0.4 is 15.0 Å². The molecule has 4 rings (SSSR count). The van der Waals surface area contributed by atoms with Crippen molar-refractivity contribution < 1.29 is 50.8 Å². The molecule has 0 saturated carbocycles. The zero-order valence-electron chi connectivity index (χ0n) is 24.2. The summed E-state index contributed by atoms with van der Waals surface area (Å²) >= 11 is 0. The Balaban J connectivity index is 1.62. The predicted molar refractivity (Wildman–Crippen MR) is 155 cm³/mol. The molecular weight excluding hydrogens is 610 g/mol. The molecule has 2 heterocycles. The molecule has 15 heteroatoms. The molecule has 1 unspecified atom stereocenters. The minimum absolute atomic E-state index is 0.0669. The van der Waals surface area contributed by atoms with Crippen LogP contribution in [-0.2, 0) is 26.4 Å². The number of nitrogens with one attached hydrogen (secondary N) is 2. The van der Waals surface area contributed by atoms with E-state index in [9.17, 15) is 37.6 Å². The highest BCUT2D eigenvalue weighted by atomic mass is 32.3. The molecule has 2 aromatic carbocycles. The fraction of sp³-hybridized carbons (Fsp3) is 0.300. The summed E-state index contributed by atoms with van der Waals surface area (Å²) in [7, 11) is -4.76. The quantitative estimate of drug-likeness (QED) is 0.0660. The van der Waals surface area contributed by atoms with Gasteiger partial charge in [-0.25, -0.2) is 5.48 Å². The van der Waals surface area contributed by atoms with Gasteiger partial charge in [0.15, 0.2) is 5.76 Å². The standard InChI is InChI=1S/C30H31N3O11S/c1-17(2)14-22(23(28(36)32-39)16-33-29(37)20-6-3-4-7-21(20)30(33)38)27(35)31-24(26(34)25-8-5-13-43-25)15-18-9-11-19(12-10-18)44-45(40,41)42/h3-13,17,22-24,39H,14-16H2,1-2H3,(H,31,35)(H,32,36)(H,40,41,42)/t22-,23?,24+/m1/s1. The Hall–Kier alpha value is -4.86. The highest BCUT2D eigenvalue weighted by Gasteiger charge is 2.43. The molecule has 1 aliphatic heterocycles. The van der Waals surface area contributed by atoms with Crippen molar-refractivity contribution in [2.75, 3.05) is 6.54 Å². The summed E-state index contributed by atoms with van der Waals surface area (Å²) in [4.78, 5) is 67.3. The Morgan fingerprint density at radius 1 is 0.911 bits per heavy atom. The van der Waals surface area contributed by atoms with Gasteiger partial charge in [-0.2, -0.15) is 8.42 Å². The number of rotatable bonds is 14. The van der Waals surface area contributed by atoms with Crippen molar-refractivity contribution in [1.82, 2.24) is 15.7 Å². The second-order valence-electron chi connectivity index (χ2n) is 10.8. The molecule has 4 amide bonds. The lowest BCUT2D eigenvalue weighted by molar-refractivity contribution is -0.141. The molecule has 0 fully saturated rings. The molecule has 45 heavy (non-hydrogen) atoms. The van der Waals surface area contributed by atoms with Gasteiger partial charge in [0, 0.05) is 13.0 Å². The first-order valence-corrected chi connectivity index (χ1v) is 15.2. The number of ketones is 1. The van der Waals surface area contributed by atoms with Gasteiger partial charge < -0.3 is 13.9 Å². The lowest BCUT2D eigenvalue weighted by atomic mass is 9.83. The summed E-state index contributed by atoms with van der Waals surface area (Å²) in [6, 6.07) is 13.1. The lowest BCUT2D eigenvalue weighted by Gasteiger charge is -2.30. The second-order valence-corrected chi connectivity index (χ2v) is 11.9. The number of amides is 4. The van der Waals surface area contributed by atoms with Crippen molar-refractivity contribution in [3.05, 3.63) is 89.4 Å². The van der Waals surface area contributed by atoms with Crippen LogP contribution in [0.1, 0.15) is 57.1 Å². The summed E-state index contributed by atoms with van der Waals surface area (Å²) in [5.74, 6) is -6.71. The molecule has 4 N–H and O–H groups in total. The Morgan fingerprint density at radius 2 is 1.53 bits per heavy atom. The van der Waals surface area contributed by atoms with Crippen LogP contribution in [0.4, 0.5) is 0 Å². The third-order valence-corrected chi connectivity index (χ3v) is 7.62. The molecule has 0 saturated heterocycles. The Morgan fingerprint density at radius 3 is 2.04 bits per heavy atom. The Bertz CT molecular complexity index is 1650. The van der Waals surface area contributed by atoms with Gasteiger partial charge in [-0.05, 0) is 54.3 Å². The van der Waals surface area contributed by atoms with E-state index in [1.165, 1.54) is 60.3 Å². The molecule has 0 bridgehead atoms. The molecular formula is C30H31N3O11S. The fourth-order valence-electron chi connectivity index (χ4n) is 5.16.